The van der Waals surface area contributed by atoms with E-state index in [0.29, 0.717) is 11.4 Å². The minimum atomic E-state index is -4.36. The van der Waals surface area contributed by atoms with Gasteiger partial charge < -0.3 is 5.32 Å². The maximum absolute atomic E-state index is 12.6. The summed E-state index contributed by atoms with van der Waals surface area (Å²) >= 11 is 1.37. The predicted molar refractivity (Wildman–Crippen MR) is 77.6 cm³/mol. The Morgan fingerprint density at radius 2 is 2.00 bits per heavy atom. The number of rotatable bonds is 1. The van der Waals surface area contributed by atoms with Crippen molar-refractivity contribution in [3.05, 3.63) is 47.2 Å². The van der Waals surface area contributed by atoms with Crippen LogP contribution in [0.3, 0.4) is 0 Å². The van der Waals surface area contributed by atoms with E-state index >= 15 is 0 Å². The maximum Gasteiger partial charge on any atom is 0.416 e. The van der Waals surface area contributed by atoms with E-state index in [2.05, 4.69) is 10.4 Å². The lowest BCUT2D eigenvalue weighted by Crippen LogP contribution is -2.15. The molecule has 0 unspecified atom stereocenters. The molecular formula is C14H12F3N3OS. The maximum atomic E-state index is 12.6. The van der Waals surface area contributed by atoms with Crippen LogP contribution in [0.4, 0.5) is 19.0 Å². The van der Waals surface area contributed by atoms with Crippen LogP contribution in [0.5, 0.6) is 0 Å². The smallest absolute Gasteiger partial charge is 0.310 e. The molecule has 1 aromatic carbocycles. The Morgan fingerprint density at radius 1 is 1.32 bits per heavy atom. The van der Waals surface area contributed by atoms with Gasteiger partial charge in [-0.1, -0.05) is 12.1 Å². The molecule has 0 aliphatic carbocycles. The summed E-state index contributed by atoms with van der Waals surface area (Å²) in [5.41, 5.74) is 0.817. The SMILES string of the molecule is Cn1ncc2c1NC(=O)CS[C@@H]2c1ccc(C(F)(F)F)cc1. The molecule has 0 fully saturated rings. The first kappa shape index (κ1) is 15.0. The molecule has 1 aromatic heterocycles. The van der Waals surface area contributed by atoms with Crippen LogP contribution in [0.1, 0.15) is 21.9 Å². The highest BCUT2D eigenvalue weighted by atomic mass is 32.2. The second-order valence-corrected chi connectivity index (χ2v) is 6.02. The molecule has 116 valence electrons. The number of anilines is 1. The third-order valence-electron chi connectivity index (χ3n) is 3.43. The minimum Gasteiger partial charge on any atom is -0.310 e. The largest absolute Gasteiger partial charge is 0.416 e. The first-order valence-corrected chi connectivity index (χ1v) is 7.51. The van der Waals surface area contributed by atoms with Crippen molar-refractivity contribution in [2.24, 2.45) is 7.05 Å². The van der Waals surface area contributed by atoms with Gasteiger partial charge in [0, 0.05) is 12.6 Å². The zero-order valence-corrected chi connectivity index (χ0v) is 12.3. The van der Waals surface area contributed by atoms with Gasteiger partial charge in [0.15, 0.2) is 0 Å². The molecule has 1 aliphatic rings. The van der Waals surface area contributed by atoms with E-state index < -0.39 is 11.7 Å². The average molecular weight is 327 g/mol. The molecule has 1 N–H and O–H groups in total. The number of amides is 1. The number of alkyl halides is 3. The van der Waals surface area contributed by atoms with Gasteiger partial charge in [-0.15, -0.1) is 11.8 Å². The molecule has 0 saturated carbocycles. The van der Waals surface area contributed by atoms with Gasteiger partial charge in [0.25, 0.3) is 0 Å². The summed E-state index contributed by atoms with van der Waals surface area (Å²) in [6.07, 6.45) is -2.72. The standard InChI is InChI=1S/C14H12F3N3OS/c1-20-13-10(6-18-20)12(22-7-11(21)19-13)8-2-4-9(5-3-8)14(15,16)17/h2-6,12H,7H2,1H3,(H,19,21)/t12-/m1/s1. The molecule has 3 rings (SSSR count). The minimum absolute atomic E-state index is 0.149. The fourth-order valence-electron chi connectivity index (χ4n) is 2.34. The van der Waals surface area contributed by atoms with Crippen molar-refractivity contribution in [3.8, 4) is 0 Å². The van der Waals surface area contributed by atoms with Crippen LogP contribution in [0.2, 0.25) is 0 Å². The topological polar surface area (TPSA) is 46.9 Å². The van der Waals surface area contributed by atoms with Crippen molar-refractivity contribution in [2.75, 3.05) is 11.1 Å². The summed E-state index contributed by atoms with van der Waals surface area (Å²) < 4.78 is 39.5. The van der Waals surface area contributed by atoms with Crippen LogP contribution in [0.15, 0.2) is 30.5 Å². The van der Waals surface area contributed by atoms with Gasteiger partial charge in [0.1, 0.15) is 5.82 Å². The third kappa shape index (κ3) is 2.70. The van der Waals surface area contributed by atoms with Crippen LogP contribution in [0, 0.1) is 0 Å². The van der Waals surface area contributed by atoms with Crippen molar-refractivity contribution < 1.29 is 18.0 Å². The van der Waals surface area contributed by atoms with Crippen molar-refractivity contribution in [1.29, 1.82) is 0 Å². The number of carbonyl (C=O) groups excluding carboxylic acids is 1. The van der Waals surface area contributed by atoms with E-state index in [0.717, 1.165) is 17.7 Å². The lowest BCUT2D eigenvalue weighted by molar-refractivity contribution is -0.137. The lowest BCUT2D eigenvalue weighted by atomic mass is 10.0. The van der Waals surface area contributed by atoms with Crippen molar-refractivity contribution >= 4 is 23.5 Å². The Labute approximate surface area is 128 Å². The number of hydrogen-bond acceptors (Lipinski definition) is 3. The zero-order valence-electron chi connectivity index (χ0n) is 11.5. The molecule has 1 amide bonds. The molecule has 2 aromatic rings. The summed E-state index contributed by atoms with van der Waals surface area (Å²) in [7, 11) is 1.71. The molecule has 0 bridgehead atoms. The van der Waals surface area contributed by atoms with Crippen molar-refractivity contribution in [3.63, 3.8) is 0 Å². The van der Waals surface area contributed by atoms with Crippen LogP contribution < -0.4 is 5.32 Å². The van der Waals surface area contributed by atoms with E-state index in [4.69, 9.17) is 0 Å². The van der Waals surface area contributed by atoms with Crippen LogP contribution in [0.25, 0.3) is 0 Å². The lowest BCUT2D eigenvalue weighted by Gasteiger charge is -2.15. The number of thioether (sulfide) groups is 1. The second-order valence-electron chi connectivity index (χ2n) is 4.93. The van der Waals surface area contributed by atoms with Gasteiger partial charge >= 0.3 is 6.18 Å². The van der Waals surface area contributed by atoms with Gasteiger partial charge in [-0.05, 0) is 17.7 Å². The number of aromatic nitrogens is 2. The Bertz CT molecular complexity index is 709. The highest BCUT2D eigenvalue weighted by Gasteiger charge is 2.31. The molecule has 1 aliphatic heterocycles. The number of carbonyl (C=O) groups is 1. The van der Waals surface area contributed by atoms with Gasteiger partial charge in [-0.3, -0.25) is 9.48 Å². The number of nitrogens with one attached hydrogen (secondary N) is 1. The number of halogens is 3. The highest BCUT2D eigenvalue weighted by Crippen LogP contribution is 2.41. The van der Waals surface area contributed by atoms with Crippen LogP contribution in [-0.2, 0) is 18.0 Å². The zero-order chi connectivity index (χ0) is 15.9. The summed E-state index contributed by atoms with van der Waals surface area (Å²) in [6.45, 7) is 0. The first-order chi connectivity index (χ1) is 10.4. The highest BCUT2D eigenvalue weighted by molar-refractivity contribution is 8.00. The van der Waals surface area contributed by atoms with Gasteiger partial charge in [-0.25, -0.2) is 0 Å². The Hall–Kier alpha value is -1.96. The molecule has 4 nitrogen and oxygen atoms in total. The summed E-state index contributed by atoms with van der Waals surface area (Å²) in [5.74, 6) is 0.671. The van der Waals surface area contributed by atoms with Crippen LogP contribution in [-0.4, -0.2) is 21.4 Å². The summed E-state index contributed by atoms with van der Waals surface area (Å²) in [5, 5.41) is 6.65. The Balaban J connectivity index is 1.99. The fraction of sp³-hybridized carbons (Fsp3) is 0.286. The summed E-state index contributed by atoms with van der Waals surface area (Å²) in [4.78, 5) is 11.7. The predicted octanol–water partition coefficient (Wildman–Crippen LogP) is 3.21. The van der Waals surface area contributed by atoms with E-state index in [9.17, 15) is 18.0 Å². The molecule has 22 heavy (non-hydrogen) atoms. The molecule has 2 heterocycles. The molecule has 0 spiro atoms. The van der Waals surface area contributed by atoms with Gasteiger partial charge in [0.2, 0.25) is 5.91 Å². The number of nitrogens with zero attached hydrogens (tertiary/aromatic N) is 2. The number of hydrogen-bond donors (Lipinski definition) is 1. The van der Waals surface area contributed by atoms with E-state index in [-0.39, 0.29) is 16.9 Å². The Morgan fingerprint density at radius 3 is 2.64 bits per heavy atom. The van der Waals surface area contributed by atoms with Gasteiger partial charge in [0.05, 0.1) is 22.8 Å². The number of fused-ring (bicyclic) bond motifs is 1. The van der Waals surface area contributed by atoms with Gasteiger partial charge in [-0.2, -0.15) is 18.3 Å². The second kappa shape index (κ2) is 5.35. The summed E-state index contributed by atoms with van der Waals surface area (Å²) in [6, 6.07) is 5.03. The molecule has 8 heteroatoms. The van der Waals surface area contributed by atoms with Crippen LogP contribution >= 0.6 is 11.8 Å². The van der Waals surface area contributed by atoms with E-state index in [1.165, 1.54) is 23.9 Å². The number of aryl methyl sites for hydroxylation is 1. The normalized spacial score (nSPS) is 18.5. The molecular weight excluding hydrogens is 315 g/mol. The Kier molecular flexibility index (Phi) is 3.64. The van der Waals surface area contributed by atoms with E-state index in [1.54, 1.807) is 17.9 Å². The average Bonchev–Trinajstić information content (AvgIpc) is 2.72. The third-order valence-corrected chi connectivity index (χ3v) is 4.72. The van der Waals surface area contributed by atoms with E-state index in [1.807, 2.05) is 0 Å². The number of benzene rings is 1. The first-order valence-electron chi connectivity index (χ1n) is 6.47. The molecule has 0 saturated heterocycles. The quantitative estimate of drug-likeness (QED) is 0.875. The monoisotopic (exact) mass is 327 g/mol. The molecule has 1 atom stereocenters. The fourth-order valence-corrected chi connectivity index (χ4v) is 3.43. The van der Waals surface area contributed by atoms with Crippen molar-refractivity contribution in [2.45, 2.75) is 11.4 Å². The van der Waals surface area contributed by atoms with Crippen molar-refractivity contribution in [1.82, 2.24) is 9.78 Å². The molecule has 0 radical (unpaired) electrons.